The molecule has 3 aromatic rings. The van der Waals surface area contributed by atoms with E-state index >= 15 is 0 Å². The van der Waals surface area contributed by atoms with Crippen LogP contribution < -0.4 is 14.8 Å². The highest BCUT2D eigenvalue weighted by Gasteiger charge is 2.27. The first-order chi connectivity index (χ1) is 16.9. The number of rotatable bonds is 8. The van der Waals surface area contributed by atoms with Crippen molar-refractivity contribution in [1.82, 2.24) is 19.8 Å². The minimum absolute atomic E-state index is 0.0101. The highest BCUT2D eigenvalue weighted by atomic mass is 35.5. The van der Waals surface area contributed by atoms with Crippen LogP contribution in [0.4, 0.5) is 15.9 Å². The first-order valence-electron chi connectivity index (χ1n) is 11.2. The molecule has 1 N–H and O–H groups in total. The van der Waals surface area contributed by atoms with Crippen LogP contribution in [0.25, 0.3) is 10.9 Å². The number of anilines is 2. The Labute approximate surface area is 208 Å². The maximum Gasteiger partial charge on any atom is 0.246 e. The Morgan fingerprint density at radius 2 is 2.14 bits per heavy atom. The van der Waals surface area contributed by atoms with Crippen molar-refractivity contribution in [3.63, 3.8) is 0 Å². The van der Waals surface area contributed by atoms with E-state index in [1.807, 2.05) is 25.1 Å². The Bertz CT molecular complexity index is 1250. The summed E-state index contributed by atoms with van der Waals surface area (Å²) in [5.74, 6) is 0.796. The van der Waals surface area contributed by atoms with Crippen LogP contribution in [0.5, 0.6) is 11.5 Å². The molecule has 1 atom stereocenters. The lowest BCUT2D eigenvalue weighted by Gasteiger charge is -2.18. The van der Waals surface area contributed by atoms with Gasteiger partial charge in [0.1, 0.15) is 18.2 Å². The van der Waals surface area contributed by atoms with Crippen molar-refractivity contribution in [1.29, 1.82) is 0 Å². The zero-order valence-electron chi connectivity index (χ0n) is 19.8. The Kier molecular flexibility index (Phi) is 7.67. The van der Waals surface area contributed by atoms with Crippen molar-refractivity contribution in [2.45, 2.75) is 12.5 Å². The average Bonchev–Trinajstić information content (AvgIpc) is 3.30. The number of amides is 1. The second-order valence-corrected chi connectivity index (χ2v) is 8.85. The molecule has 0 spiro atoms. The molecule has 1 aliphatic heterocycles. The van der Waals surface area contributed by atoms with Crippen LogP contribution in [-0.4, -0.2) is 72.6 Å². The molecule has 1 fully saturated rings. The van der Waals surface area contributed by atoms with Crippen LogP contribution >= 0.6 is 11.6 Å². The van der Waals surface area contributed by atoms with Crippen molar-refractivity contribution in [3.8, 4) is 11.5 Å². The lowest BCUT2D eigenvalue weighted by Crippen LogP contribution is -2.29. The molecule has 0 aliphatic carbocycles. The number of likely N-dealkylation sites (tertiary alicyclic amines) is 1. The maximum atomic E-state index is 14.5. The molecule has 0 saturated carbocycles. The Morgan fingerprint density at radius 3 is 2.91 bits per heavy atom. The smallest absolute Gasteiger partial charge is 0.246 e. The van der Waals surface area contributed by atoms with E-state index in [4.69, 9.17) is 21.1 Å². The van der Waals surface area contributed by atoms with Gasteiger partial charge in [-0.15, -0.1) is 0 Å². The molecule has 0 radical (unpaired) electrons. The Hall–Kier alpha value is -3.43. The molecule has 1 aromatic heterocycles. The van der Waals surface area contributed by atoms with Crippen LogP contribution in [0.2, 0.25) is 5.02 Å². The molecule has 1 saturated heterocycles. The van der Waals surface area contributed by atoms with E-state index in [1.54, 1.807) is 42.4 Å². The molecule has 0 unspecified atom stereocenters. The number of aromatic nitrogens is 2. The number of methoxy groups -OCH3 is 1. The van der Waals surface area contributed by atoms with E-state index in [0.29, 0.717) is 54.3 Å². The van der Waals surface area contributed by atoms with Gasteiger partial charge in [0, 0.05) is 37.0 Å². The summed E-state index contributed by atoms with van der Waals surface area (Å²) in [6, 6.07) is 8.21. The number of nitrogens with zero attached hydrogens (tertiary/aromatic N) is 4. The summed E-state index contributed by atoms with van der Waals surface area (Å²) in [5.41, 5.74) is 0.798. The molecule has 1 aliphatic rings. The number of hydrogen-bond donors (Lipinski definition) is 1. The van der Waals surface area contributed by atoms with Gasteiger partial charge in [0.25, 0.3) is 0 Å². The summed E-state index contributed by atoms with van der Waals surface area (Å²) in [7, 11) is 5.45. The number of fused-ring (bicyclic) bond motifs is 1. The third kappa shape index (κ3) is 5.80. The topological polar surface area (TPSA) is 79.8 Å². The summed E-state index contributed by atoms with van der Waals surface area (Å²) in [6.45, 7) is 1.78. The van der Waals surface area contributed by atoms with Crippen molar-refractivity contribution >= 4 is 39.9 Å². The molecule has 0 bridgehead atoms. The summed E-state index contributed by atoms with van der Waals surface area (Å²) in [5, 5.41) is 3.63. The minimum atomic E-state index is -0.568. The Morgan fingerprint density at radius 1 is 1.31 bits per heavy atom. The van der Waals surface area contributed by atoms with Crippen LogP contribution in [0.1, 0.15) is 6.42 Å². The third-order valence-electron chi connectivity index (χ3n) is 5.61. The third-order valence-corrected chi connectivity index (χ3v) is 5.90. The number of carbonyl (C=O) groups excluding carboxylic acids is 1. The molecular formula is C25H27ClFN5O3. The normalized spacial score (nSPS) is 15.8. The van der Waals surface area contributed by atoms with Gasteiger partial charge in [-0.2, -0.15) is 0 Å². The highest BCUT2D eigenvalue weighted by molar-refractivity contribution is 6.31. The number of ether oxygens (including phenoxy) is 2. The predicted octanol–water partition coefficient (Wildman–Crippen LogP) is 4.27. The summed E-state index contributed by atoms with van der Waals surface area (Å²) >= 11 is 5.92. The molecule has 4 rings (SSSR count). The fraction of sp³-hybridized carbons (Fsp3) is 0.320. The highest BCUT2D eigenvalue weighted by Crippen LogP contribution is 2.36. The number of carbonyl (C=O) groups is 1. The van der Waals surface area contributed by atoms with Crippen LogP contribution in [0.15, 0.2) is 48.8 Å². The molecule has 2 aromatic carbocycles. The van der Waals surface area contributed by atoms with Gasteiger partial charge in [-0.25, -0.2) is 14.4 Å². The first-order valence-corrected chi connectivity index (χ1v) is 11.5. The second-order valence-electron chi connectivity index (χ2n) is 8.45. The zero-order chi connectivity index (χ0) is 24.9. The van der Waals surface area contributed by atoms with Crippen LogP contribution in [0, 0.1) is 5.82 Å². The second kappa shape index (κ2) is 10.9. The summed E-state index contributed by atoms with van der Waals surface area (Å²) < 4.78 is 26.2. The monoisotopic (exact) mass is 499 g/mol. The molecule has 2 heterocycles. The zero-order valence-corrected chi connectivity index (χ0v) is 20.6. The van der Waals surface area contributed by atoms with E-state index in [-0.39, 0.29) is 22.7 Å². The van der Waals surface area contributed by atoms with E-state index < -0.39 is 5.82 Å². The van der Waals surface area contributed by atoms with Crippen LogP contribution in [0.3, 0.4) is 0 Å². The molecule has 1 amide bonds. The average molecular weight is 500 g/mol. The fourth-order valence-corrected chi connectivity index (χ4v) is 3.99. The lowest BCUT2D eigenvalue weighted by atomic mass is 10.2. The minimum Gasteiger partial charge on any atom is -0.493 e. The van der Waals surface area contributed by atoms with E-state index in [0.717, 1.165) is 0 Å². The van der Waals surface area contributed by atoms with Gasteiger partial charge in [0.2, 0.25) is 5.91 Å². The largest absolute Gasteiger partial charge is 0.493 e. The van der Waals surface area contributed by atoms with Gasteiger partial charge in [-0.1, -0.05) is 23.7 Å². The van der Waals surface area contributed by atoms with Gasteiger partial charge in [-0.05, 0) is 32.3 Å². The fourth-order valence-electron chi connectivity index (χ4n) is 3.82. The molecular weight excluding hydrogens is 473 g/mol. The number of likely N-dealkylation sites (N-methyl/N-ethyl adjacent to an activating group) is 1. The lowest BCUT2D eigenvalue weighted by molar-refractivity contribution is -0.125. The number of halogens is 2. The molecule has 184 valence electrons. The van der Waals surface area contributed by atoms with Crippen LogP contribution in [-0.2, 0) is 4.79 Å². The quantitative estimate of drug-likeness (QED) is 0.463. The molecule has 35 heavy (non-hydrogen) atoms. The van der Waals surface area contributed by atoms with Crippen molar-refractivity contribution in [2.24, 2.45) is 0 Å². The van der Waals surface area contributed by atoms with Gasteiger partial charge >= 0.3 is 0 Å². The maximum absolute atomic E-state index is 14.5. The molecule has 8 nitrogen and oxygen atoms in total. The standard InChI is InChI=1S/C25H27ClFN5O3/c1-31(2)10-5-8-23(33)32-11-9-16(14-32)35-22-12-17-20(13-21(22)34-3)28-15-29-25(17)30-19-7-4-6-18(26)24(19)27/h4-8,12-13,15-16H,9-11,14H2,1-3H3,(H,28,29,30)/b8-5+/t16-/m0/s1. The van der Waals surface area contributed by atoms with Crippen molar-refractivity contribution in [2.75, 3.05) is 46.2 Å². The van der Waals surface area contributed by atoms with Gasteiger partial charge < -0.3 is 24.6 Å². The number of hydrogen-bond acceptors (Lipinski definition) is 7. The first kappa shape index (κ1) is 24.7. The SMILES string of the molecule is COc1cc2ncnc(Nc3cccc(Cl)c3F)c2cc1O[C@H]1CCN(C(=O)/C=C/CN(C)C)C1. The van der Waals surface area contributed by atoms with Gasteiger partial charge in [0.05, 0.1) is 29.9 Å². The van der Waals surface area contributed by atoms with Crippen molar-refractivity contribution in [3.05, 3.63) is 59.7 Å². The van der Waals surface area contributed by atoms with Gasteiger partial charge in [0.15, 0.2) is 17.3 Å². The number of benzene rings is 2. The van der Waals surface area contributed by atoms with Crippen molar-refractivity contribution < 1.29 is 18.7 Å². The van der Waals surface area contributed by atoms with E-state index in [2.05, 4.69) is 15.3 Å². The van der Waals surface area contributed by atoms with E-state index in [1.165, 1.54) is 12.4 Å². The predicted molar refractivity (Wildman–Crippen MR) is 134 cm³/mol. The summed E-state index contributed by atoms with van der Waals surface area (Å²) in [6.07, 6.45) is 5.33. The van der Waals surface area contributed by atoms with E-state index in [9.17, 15) is 9.18 Å². The molecule has 10 heteroatoms. The Balaban J connectivity index is 1.55. The number of nitrogens with one attached hydrogen (secondary N) is 1. The van der Waals surface area contributed by atoms with Gasteiger partial charge in [-0.3, -0.25) is 4.79 Å². The summed E-state index contributed by atoms with van der Waals surface area (Å²) in [4.78, 5) is 24.8.